The van der Waals surface area contributed by atoms with Crippen LogP contribution in [0.3, 0.4) is 0 Å². The van der Waals surface area contributed by atoms with Gasteiger partial charge in [0.25, 0.3) is 10.1 Å². The Morgan fingerprint density at radius 3 is 2.42 bits per heavy atom. The summed E-state index contributed by atoms with van der Waals surface area (Å²) in [5, 5.41) is 10.2. The first-order valence-electron chi connectivity index (χ1n) is 11.2. The van der Waals surface area contributed by atoms with Gasteiger partial charge in [-0.2, -0.15) is 8.42 Å². The lowest BCUT2D eigenvalue weighted by Gasteiger charge is -2.57. The van der Waals surface area contributed by atoms with Crippen LogP contribution in [0.15, 0.2) is 48.5 Å². The van der Waals surface area contributed by atoms with Gasteiger partial charge in [-0.05, 0) is 72.9 Å². The smallest absolute Gasteiger partial charge is 0.261 e. The molecule has 0 spiro atoms. The molecule has 2 aromatic rings. The van der Waals surface area contributed by atoms with E-state index in [1.165, 1.54) is 49.0 Å². The van der Waals surface area contributed by atoms with Crippen LogP contribution in [0.1, 0.15) is 49.3 Å². The molecule has 3 aliphatic rings. The van der Waals surface area contributed by atoms with Gasteiger partial charge in [0.15, 0.2) is 0 Å². The monoisotopic (exact) mass is 443 g/mol. The van der Waals surface area contributed by atoms with Crippen molar-refractivity contribution >= 4 is 10.1 Å². The van der Waals surface area contributed by atoms with E-state index in [1.807, 2.05) is 6.07 Å². The van der Waals surface area contributed by atoms with Gasteiger partial charge in [0.1, 0.15) is 5.75 Å². The Morgan fingerprint density at radius 2 is 1.81 bits per heavy atom. The number of hydrogen-bond donors (Lipinski definition) is 2. The summed E-state index contributed by atoms with van der Waals surface area (Å²) in [5.74, 6) is 1.89. The zero-order valence-corrected chi connectivity index (χ0v) is 19.2. The zero-order chi connectivity index (χ0) is 22.2. The molecule has 1 saturated heterocycles. The van der Waals surface area contributed by atoms with Crippen LogP contribution in [0.25, 0.3) is 0 Å². The van der Waals surface area contributed by atoms with Crippen LogP contribution < -0.4 is 0 Å². The molecule has 2 bridgehead atoms. The average molecular weight is 444 g/mol. The second kappa shape index (κ2) is 8.57. The van der Waals surface area contributed by atoms with Crippen molar-refractivity contribution in [3.8, 4) is 5.75 Å². The van der Waals surface area contributed by atoms with Crippen molar-refractivity contribution in [2.75, 3.05) is 19.3 Å². The highest BCUT2D eigenvalue weighted by molar-refractivity contribution is 7.85. The fourth-order valence-electron chi connectivity index (χ4n) is 5.96. The highest BCUT2D eigenvalue weighted by Crippen LogP contribution is 2.53. The minimum absolute atomic E-state index is 0.0361. The number of piperidine rings is 1. The first-order valence-corrected chi connectivity index (χ1v) is 13.1. The summed E-state index contributed by atoms with van der Waals surface area (Å²) in [6, 6.07) is 17.8. The Balaban J connectivity index is 0.000000418. The second-order valence-electron chi connectivity index (χ2n) is 9.51. The van der Waals surface area contributed by atoms with Crippen LogP contribution in [0.2, 0.25) is 0 Å². The van der Waals surface area contributed by atoms with Crippen LogP contribution in [0.5, 0.6) is 5.75 Å². The molecule has 2 fully saturated rings. The molecule has 2 aromatic carbocycles. The maximum Gasteiger partial charge on any atom is 0.261 e. The maximum absolute atomic E-state index is 10.2. The Labute approximate surface area is 185 Å². The lowest BCUT2D eigenvalue weighted by atomic mass is 9.55. The van der Waals surface area contributed by atoms with Crippen molar-refractivity contribution < 1.29 is 18.1 Å². The molecule has 6 heteroatoms. The van der Waals surface area contributed by atoms with Gasteiger partial charge >= 0.3 is 0 Å². The molecule has 0 radical (unpaired) electrons. The summed E-state index contributed by atoms with van der Waals surface area (Å²) in [4.78, 5) is 2.80. The first-order chi connectivity index (χ1) is 14.7. The number of phenols is 1. The summed E-state index contributed by atoms with van der Waals surface area (Å²) in [6.45, 7) is 4.92. The summed E-state index contributed by atoms with van der Waals surface area (Å²) < 4.78 is 25.9. The molecular formula is C25H33NO4S. The van der Waals surface area contributed by atoms with E-state index in [-0.39, 0.29) is 5.41 Å². The van der Waals surface area contributed by atoms with Crippen molar-refractivity contribution in [1.29, 1.82) is 0 Å². The third-order valence-electron chi connectivity index (χ3n) is 7.63. The largest absolute Gasteiger partial charge is 0.508 e. The summed E-state index contributed by atoms with van der Waals surface area (Å²) >= 11 is 0. The quantitative estimate of drug-likeness (QED) is 0.694. The van der Waals surface area contributed by atoms with Crippen molar-refractivity contribution in [3.05, 3.63) is 65.2 Å². The molecule has 3 unspecified atom stereocenters. The van der Waals surface area contributed by atoms with Gasteiger partial charge < -0.3 is 5.11 Å². The molecule has 1 aliphatic heterocycles. The van der Waals surface area contributed by atoms with Gasteiger partial charge in [-0.1, -0.05) is 49.7 Å². The molecule has 5 nitrogen and oxygen atoms in total. The lowest BCUT2D eigenvalue weighted by molar-refractivity contribution is 0.0200. The van der Waals surface area contributed by atoms with E-state index in [0.717, 1.165) is 18.8 Å². The number of likely N-dealkylation sites (tertiary alicyclic amines) is 1. The predicted octanol–water partition coefficient (Wildman–Crippen LogP) is 4.25. The molecule has 0 aromatic heterocycles. The number of aromatic hydroxyl groups is 1. The van der Waals surface area contributed by atoms with Crippen LogP contribution >= 0.6 is 0 Å². The molecule has 0 amide bonds. The van der Waals surface area contributed by atoms with Gasteiger partial charge in [0.2, 0.25) is 0 Å². The van der Waals surface area contributed by atoms with E-state index < -0.39 is 10.1 Å². The third kappa shape index (κ3) is 4.52. The highest BCUT2D eigenvalue weighted by atomic mass is 32.2. The van der Waals surface area contributed by atoms with Gasteiger partial charge in [-0.3, -0.25) is 9.45 Å². The van der Waals surface area contributed by atoms with Crippen LogP contribution in [0, 0.1) is 11.8 Å². The molecule has 2 N–H and O–H groups in total. The fourth-order valence-corrected chi connectivity index (χ4v) is 5.96. The van der Waals surface area contributed by atoms with Gasteiger partial charge in [0, 0.05) is 18.0 Å². The number of rotatable bonds is 3. The van der Waals surface area contributed by atoms with Crippen LogP contribution in [-0.2, 0) is 22.0 Å². The summed E-state index contributed by atoms with van der Waals surface area (Å²) in [5.41, 5.74) is 4.27. The third-order valence-corrected chi connectivity index (χ3v) is 7.63. The number of phenolic OH excluding ortho intramolecular Hbond substituents is 1. The Hall–Kier alpha value is -1.89. The number of nitrogens with zero attached hydrogens (tertiary/aromatic N) is 1. The van der Waals surface area contributed by atoms with Crippen molar-refractivity contribution in [1.82, 2.24) is 4.90 Å². The van der Waals surface area contributed by atoms with E-state index in [0.29, 0.717) is 24.0 Å². The Morgan fingerprint density at radius 1 is 1.13 bits per heavy atom. The topological polar surface area (TPSA) is 77.8 Å². The van der Waals surface area contributed by atoms with E-state index >= 15 is 0 Å². The fraction of sp³-hybridized carbons (Fsp3) is 0.520. The summed E-state index contributed by atoms with van der Waals surface area (Å²) in [6.07, 6.45) is 7.26. The molecule has 1 heterocycles. The van der Waals surface area contributed by atoms with E-state index in [1.54, 1.807) is 0 Å². The molecule has 1 saturated carbocycles. The van der Waals surface area contributed by atoms with E-state index in [9.17, 15) is 13.5 Å². The minimum atomic E-state index is -3.67. The minimum Gasteiger partial charge on any atom is -0.508 e. The van der Waals surface area contributed by atoms with Crippen molar-refractivity contribution in [2.24, 2.45) is 11.8 Å². The molecule has 3 atom stereocenters. The summed E-state index contributed by atoms with van der Waals surface area (Å²) in [7, 11) is -3.67. The first kappa shape index (κ1) is 22.3. The van der Waals surface area contributed by atoms with Crippen LogP contribution in [0.4, 0.5) is 0 Å². The highest BCUT2D eigenvalue weighted by Gasteiger charge is 2.52. The predicted molar refractivity (Wildman–Crippen MR) is 123 cm³/mol. The standard InChI is InChI=1S/C24H29NO.CH4O3S/c1-17-23-14-19-10-11-21(26)15-22(19)24(17,20-8-3-2-4-9-20)12-13-25(23)16-18-6-5-7-18;1-5(2,3)4/h2-4,8-11,15,17-18,23,26H,5-7,12-14,16H2,1H3;1H3,(H,2,3,4). The van der Waals surface area contributed by atoms with Crippen molar-refractivity contribution in [2.45, 2.75) is 50.5 Å². The second-order valence-corrected chi connectivity index (χ2v) is 11.0. The SMILES string of the molecule is CC1C2Cc3ccc(O)cc3C1(c1ccccc1)CCN2CC1CCC1.CS(=O)(=O)O. The van der Waals surface area contributed by atoms with E-state index in [2.05, 4.69) is 54.3 Å². The van der Waals surface area contributed by atoms with Crippen LogP contribution in [-0.4, -0.2) is 48.4 Å². The molecule has 168 valence electrons. The van der Waals surface area contributed by atoms with Crippen molar-refractivity contribution in [3.63, 3.8) is 0 Å². The number of benzene rings is 2. The normalized spacial score (nSPS) is 28.1. The lowest BCUT2D eigenvalue weighted by Crippen LogP contribution is -2.60. The molecular weight excluding hydrogens is 410 g/mol. The molecule has 31 heavy (non-hydrogen) atoms. The Bertz CT molecular complexity index is 1010. The number of hydrogen-bond acceptors (Lipinski definition) is 4. The maximum atomic E-state index is 10.2. The Kier molecular flexibility index (Phi) is 6.16. The molecule has 5 rings (SSSR count). The van der Waals surface area contributed by atoms with Gasteiger partial charge in [-0.15, -0.1) is 0 Å². The van der Waals surface area contributed by atoms with E-state index in [4.69, 9.17) is 4.55 Å². The van der Waals surface area contributed by atoms with Gasteiger partial charge in [0.05, 0.1) is 6.26 Å². The zero-order valence-electron chi connectivity index (χ0n) is 18.4. The average Bonchev–Trinajstić information content (AvgIpc) is 2.67. The molecule has 2 aliphatic carbocycles. The van der Waals surface area contributed by atoms with Gasteiger partial charge in [-0.25, -0.2) is 0 Å². The number of fused-ring (bicyclic) bond motifs is 4.